The van der Waals surface area contributed by atoms with Crippen molar-refractivity contribution < 1.29 is 9.53 Å². The molecule has 2 aliphatic heterocycles. The number of hydrogen-bond acceptors (Lipinski definition) is 6. The minimum atomic E-state index is 0.104. The van der Waals surface area contributed by atoms with E-state index in [-0.39, 0.29) is 17.9 Å². The SMILES string of the molecule is O=C(C[C@@H]1CO[C@H]2CN(c3ncccn3)C[C@@H]12)NCc1cccs1. The highest BCUT2D eigenvalue weighted by Crippen LogP contribution is 2.36. The molecule has 0 unspecified atom stereocenters. The smallest absolute Gasteiger partial charge is 0.225 e. The summed E-state index contributed by atoms with van der Waals surface area (Å²) < 4.78 is 5.92. The van der Waals surface area contributed by atoms with Crippen LogP contribution in [0, 0.1) is 11.8 Å². The number of carbonyl (C=O) groups is 1. The fourth-order valence-corrected chi connectivity index (χ4v) is 4.18. The first-order valence-electron chi connectivity index (χ1n) is 8.22. The topological polar surface area (TPSA) is 67.3 Å². The number of rotatable bonds is 5. The standard InChI is InChI=1S/C17H20N4O2S/c22-16(20-8-13-3-1-6-24-13)7-12-11-23-15-10-21(9-14(12)15)17-18-4-2-5-19-17/h1-6,12,14-15H,7-11H2,(H,20,22)/t12-,14+,15+/m1/s1. The molecular formula is C17H20N4O2S. The van der Waals surface area contributed by atoms with Crippen LogP contribution in [0.25, 0.3) is 0 Å². The van der Waals surface area contributed by atoms with Crippen LogP contribution < -0.4 is 10.2 Å². The monoisotopic (exact) mass is 344 g/mol. The van der Waals surface area contributed by atoms with Crippen molar-refractivity contribution in [1.29, 1.82) is 0 Å². The molecule has 2 aromatic heterocycles. The molecule has 1 N–H and O–H groups in total. The molecule has 0 aromatic carbocycles. The molecule has 0 bridgehead atoms. The van der Waals surface area contributed by atoms with E-state index < -0.39 is 0 Å². The van der Waals surface area contributed by atoms with Crippen molar-refractivity contribution in [2.45, 2.75) is 19.1 Å². The molecule has 0 aliphatic carbocycles. The van der Waals surface area contributed by atoms with E-state index in [1.165, 1.54) is 4.88 Å². The normalized spacial score (nSPS) is 25.7. The number of nitrogens with one attached hydrogen (secondary N) is 1. The first-order valence-corrected chi connectivity index (χ1v) is 9.10. The number of fused-ring (bicyclic) bond motifs is 1. The molecule has 24 heavy (non-hydrogen) atoms. The summed E-state index contributed by atoms with van der Waals surface area (Å²) in [4.78, 5) is 24.2. The van der Waals surface area contributed by atoms with Gasteiger partial charge in [-0.25, -0.2) is 9.97 Å². The van der Waals surface area contributed by atoms with E-state index in [2.05, 4.69) is 20.2 Å². The highest BCUT2D eigenvalue weighted by molar-refractivity contribution is 7.09. The molecule has 126 valence electrons. The zero-order chi connectivity index (χ0) is 16.4. The lowest BCUT2D eigenvalue weighted by atomic mass is 9.90. The highest BCUT2D eigenvalue weighted by Gasteiger charge is 2.45. The lowest BCUT2D eigenvalue weighted by molar-refractivity contribution is -0.122. The van der Waals surface area contributed by atoms with Gasteiger partial charge in [0.15, 0.2) is 0 Å². The zero-order valence-electron chi connectivity index (χ0n) is 13.3. The third kappa shape index (κ3) is 3.27. The molecule has 4 heterocycles. The molecule has 2 aromatic rings. The Hall–Kier alpha value is -1.99. The van der Waals surface area contributed by atoms with Crippen LogP contribution in [0.5, 0.6) is 0 Å². The molecule has 2 saturated heterocycles. The number of anilines is 1. The predicted octanol–water partition coefficient (Wildman–Crippen LogP) is 1.70. The van der Waals surface area contributed by atoms with Crippen LogP contribution in [0.2, 0.25) is 0 Å². The molecule has 0 spiro atoms. The second kappa shape index (κ2) is 6.86. The number of thiophene rings is 1. The Kier molecular flexibility index (Phi) is 4.44. The van der Waals surface area contributed by atoms with Crippen molar-refractivity contribution in [2.75, 3.05) is 24.6 Å². The van der Waals surface area contributed by atoms with Crippen LogP contribution in [0.3, 0.4) is 0 Å². The number of hydrogen-bond donors (Lipinski definition) is 1. The first-order chi connectivity index (χ1) is 11.8. The minimum Gasteiger partial charge on any atom is -0.376 e. The molecule has 6 nitrogen and oxygen atoms in total. The first kappa shape index (κ1) is 15.5. The van der Waals surface area contributed by atoms with Crippen LogP contribution in [0.15, 0.2) is 36.0 Å². The maximum Gasteiger partial charge on any atom is 0.225 e. The summed E-state index contributed by atoms with van der Waals surface area (Å²) in [5, 5.41) is 5.04. The van der Waals surface area contributed by atoms with Gasteiger partial charge in [0.2, 0.25) is 11.9 Å². The molecule has 0 saturated carbocycles. The van der Waals surface area contributed by atoms with Gasteiger partial charge >= 0.3 is 0 Å². The van der Waals surface area contributed by atoms with Crippen molar-refractivity contribution in [3.05, 3.63) is 40.8 Å². The number of aromatic nitrogens is 2. The third-order valence-electron chi connectivity index (χ3n) is 4.76. The Morgan fingerprint density at radius 3 is 3.00 bits per heavy atom. The van der Waals surface area contributed by atoms with Gasteiger partial charge in [-0.15, -0.1) is 11.3 Å². The summed E-state index contributed by atoms with van der Waals surface area (Å²) in [6, 6.07) is 5.85. The van der Waals surface area contributed by atoms with Crippen molar-refractivity contribution in [3.8, 4) is 0 Å². The fourth-order valence-electron chi connectivity index (χ4n) is 3.54. The van der Waals surface area contributed by atoms with E-state index in [4.69, 9.17) is 4.74 Å². The largest absolute Gasteiger partial charge is 0.376 e. The highest BCUT2D eigenvalue weighted by atomic mass is 32.1. The third-order valence-corrected chi connectivity index (χ3v) is 5.64. The lowest BCUT2D eigenvalue weighted by Gasteiger charge is -2.19. The van der Waals surface area contributed by atoms with Gasteiger partial charge in [-0.05, 0) is 23.4 Å². The molecule has 7 heteroatoms. The Labute approximate surface area is 144 Å². The quantitative estimate of drug-likeness (QED) is 0.894. The van der Waals surface area contributed by atoms with Crippen LogP contribution in [-0.4, -0.2) is 41.7 Å². The van der Waals surface area contributed by atoms with E-state index in [0.717, 1.165) is 19.0 Å². The Morgan fingerprint density at radius 1 is 1.33 bits per heavy atom. The Morgan fingerprint density at radius 2 is 2.21 bits per heavy atom. The van der Waals surface area contributed by atoms with E-state index >= 15 is 0 Å². The van der Waals surface area contributed by atoms with Crippen molar-refractivity contribution in [2.24, 2.45) is 11.8 Å². The number of nitrogens with zero attached hydrogens (tertiary/aromatic N) is 3. The summed E-state index contributed by atoms with van der Waals surface area (Å²) in [6.07, 6.45) is 4.22. The molecule has 1 amide bonds. The van der Waals surface area contributed by atoms with Crippen molar-refractivity contribution in [3.63, 3.8) is 0 Å². The van der Waals surface area contributed by atoms with Crippen LogP contribution in [0.4, 0.5) is 5.95 Å². The van der Waals surface area contributed by atoms with E-state index in [1.54, 1.807) is 23.7 Å². The maximum absolute atomic E-state index is 12.2. The number of ether oxygens (including phenoxy) is 1. The molecule has 2 aliphatic rings. The van der Waals surface area contributed by atoms with Crippen molar-refractivity contribution in [1.82, 2.24) is 15.3 Å². The summed E-state index contributed by atoms with van der Waals surface area (Å²) >= 11 is 1.66. The molecule has 3 atom stereocenters. The predicted molar refractivity (Wildman–Crippen MR) is 91.7 cm³/mol. The number of carbonyl (C=O) groups excluding carboxylic acids is 1. The Bertz CT molecular complexity index is 679. The van der Waals surface area contributed by atoms with Gasteiger partial charge in [0, 0.05) is 42.7 Å². The molecule has 0 radical (unpaired) electrons. The fraction of sp³-hybridized carbons (Fsp3) is 0.471. The zero-order valence-corrected chi connectivity index (χ0v) is 14.1. The van der Waals surface area contributed by atoms with Crippen LogP contribution in [0.1, 0.15) is 11.3 Å². The van der Waals surface area contributed by atoms with E-state index in [0.29, 0.717) is 25.5 Å². The van der Waals surface area contributed by atoms with E-state index in [1.807, 2.05) is 23.6 Å². The number of amides is 1. The van der Waals surface area contributed by atoms with Crippen molar-refractivity contribution >= 4 is 23.2 Å². The van der Waals surface area contributed by atoms with Gasteiger partial charge in [-0.1, -0.05) is 6.07 Å². The summed E-state index contributed by atoms with van der Waals surface area (Å²) in [5.74, 6) is 1.50. The minimum absolute atomic E-state index is 0.104. The second-order valence-corrected chi connectivity index (χ2v) is 7.34. The summed E-state index contributed by atoms with van der Waals surface area (Å²) in [5.41, 5.74) is 0. The molecular weight excluding hydrogens is 324 g/mol. The molecule has 2 fully saturated rings. The summed E-state index contributed by atoms with van der Waals surface area (Å²) in [7, 11) is 0. The average Bonchev–Trinajstić information content (AvgIpc) is 3.32. The van der Waals surface area contributed by atoms with Gasteiger partial charge in [-0.3, -0.25) is 4.79 Å². The summed E-state index contributed by atoms with van der Waals surface area (Å²) in [6.45, 7) is 2.95. The second-order valence-electron chi connectivity index (χ2n) is 6.31. The van der Waals surface area contributed by atoms with Gasteiger partial charge in [-0.2, -0.15) is 0 Å². The van der Waals surface area contributed by atoms with Gasteiger partial charge in [0.1, 0.15) is 0 Å². The van der Waals surface area contributed by atoms with Gasteiger partial charge < -0.3 is 15.0 Å². The Balaban J connectivity index is 1.32. The lowest BCUT2D eigenvalue weighted by Crippen LogP contribution is -2.29. The van der Waals surface area contributed by atoms with Crippen LogP contribution >= 0.6 is 11.3 Å². The van der Waals surface area contributed by atoms with Crippen LogP contribution in [-0.2, 0) is 16.1 Å². The van der Waals surface area contributed by atoms with Gasteiger partial charge in [0.25, 0.3) is 0 Å². The average molecular weight is 344 g/mol. The van der Waals surface area contributed by atoms with E-state index in [9.17, 15) is 4.79 Å². The maximum atomic E-state index is 12.2. The molecule has 4 rings (SSSR count). The van der Waals surface area contributed by atoms with Gasteiger partial charge in [0.05, 0.1) is 19.3 Å².